The topological polar surface area (TPSA) is 85.3 Å². The fourth-order valence-corrected chi connectivity index (χ4v) is 3.94. The van der Waals surface area contributed by atoms with Gasteiger partial charge in [0.25, 0.3) is 5.56 Å². The van der Waals surface area contributed by atoms with E-state index in [9.17, 15) is 9.59 Å². The molecule has 28 heavy (non-hydrogen) atoms. The second-order valence-corrected chi connectivity index (χ2v) is 7.62. The number of aryl methyl sites for hydroxylation is 2. The second kappa shape index (κ2) is 6.94. The molecule has 3 heterocycles. The lowest BCUT2D eigenvalue weighted by atomic mass is 10.1. The van der Waals surface area contributed by atoms with Crippen molar-refractivity contribution < 1.29 is 5.11 Å². The average Bonchev–Trinajstić information content (AvgIpc) is 3.05. The molecule has 1 atom stereocenters. The molecular formula is C20H25N5O3. The molecule has 1 aliphatic rings. The summed E-state index contributed by atoms with van der Waals surface area (Å²) in [5.41, 5.74) is 2.27. The number of aliphatic hydroxyl groups is 1. The maximum atomic E-state index is 13.1. The maximum absolute atomic E-state index is 13.1. The van der Waals surface area contributed by atoms with Gasteiger partial charge in [0.05, 0.1) is 0 Å². The van der Waals surface area contributed by atoms with E-state index < -0.39 is 5.69 Å². The second-order valence-electron chi connectivity index (χ2n) is 7.62. The predicted octanol–water partition coefficient (Wildman–Crippen LogP) is 1.38. The van der Waals surface area contributed by atoms with Crippen molar-refractivity contribution in [2.45, 2.75) is 33.4 Å². The monoisotopic (exact) mass is 383 g/mol. The van der Waals surface area contributed by atoms with Crippen molar-refractivity contribution in [2.24, 2.45) is 13.0 Å². The summed E-state index contributed by atoms with van der Waals surface area (Å²) in [6.45, 7) is 5.76. The number of aromatic nitrogens is 4. The van der Waals surface area contributed by atoms with E-state index in [0.29, 0.717) is 36.0 Å². The Labute approximate surface area is 162 Å². The molecule has 0 amide bonds. The minimum atomic E-state index is -0.406. The number of hydrogen-bond acceptors (Lipinski definition) is 5. The SMILES string of the molecule is Cc1cccc(N2C[C@H](C)Cn3c2nc2c3c(=O)n(CCCO)c(=O)n2C)c1. The minimum absolute atomic E-state index is 0.0731. The smallest absolute Gasteiger partial charge is 0.332 e. The first-order valence-electron chi connectivity index (χ1n) is 9.57. The van der Waals surface area contributed by atoms with Crippen LogP contribution in [0.2, 0.25) is 0 Å². The Balaban J connectivity index is 1.98. The minimum Gasteiger partial charge on any atom is -0.396 e. The number of rotatable bonds is 4. The van der Waals surface area contributed by atoms with Crippen LogP contribution in [0.4, 0.5) is 11.6 Å². The third-order valence-corrected chi connectivity index (χ3v) is 5.30. The molecule has 4 rings (SSSR count). The fourth-order valence-electron chi connectivity index (χ4n) is 3.94. The Hall–Kier alpha value is -2.87. The number of aliphatic hydroxyl groups excluding tert-OH is 1. The van der Waals surface area contributed by atoms with E-state index in [0.717, 1.165) is 17.8 Å². The summed E-state index contributed by atoms with van der Waals surface area (Å²) in [6.07, 6.45) is 0.355. The summed E-state index contributed by atoms with van der Waals surface area (Å²) in [5, 5.41) is 9.11. The molecule has 0 aliphatic carbocycles. The average molecular weight is 383 g/mol. The summed E-state index contributed by atoms with van der Waals surface area (Å²) in [7, 11) is 1.64. The van der Waals surface area contributed by atoms with Crippen LogP contribution in [0.15, 0.2) is 33.9 Å². The van der Waals surface area contributed by atoms with Crippen LogP contribution in [-0.4, -0.2) is 36.9 Å². The Morgan fingerprint density at radius 3 is 2.75 bits per heavy atom. The normalized spacial score (nSPS) is 16.6. The van der Waals surface area contributed by atoms with Crippen molar-refractivity contribution in [1.29, 1.82) is 0 Å². The van der Waals surface area contributed by atoms with Gasteiger partial charge in [0.15, 0.2) is 11.2 Å². The Morgan fingerprint density at radius 2 is 2.04 bits per heavy atom. The van der Waals surface area contributed by atoms with Crippen LogP contribution < -0.4 is 16.1 Å². The summed E-state index contributed by atoms with van der Waals surface area (Å²) in [6, 6.07) is 8.19. The maximum Gasteiger partial charge on any atom is 0.332 e. The van der Waals surface area contributed by atoms with Gasteiger partial charge in [-0.25, -0.2) is 4.79 Å². The van der Waals surface area contributed by atoms with Gasteiger partial charge < -0.3 is 14.6 Å². The highest BCUT2D eigenvalue weighted by molar-refractivity contribution is 5.77. The van der Waals surface area contributed by atoms with Gasteiger partial charge in [-0.1, -0.05) is 19.1 Å². The molecule has 0 saturated carbocycles. The van der Waals surface area contributed by atoms with Crippen LogP contribution >= 0.6 is 0 Å². The molecule has 0 radical (unpaired) electrons. The van der Waals surface area contributed by atoms with Crippen LogP contribution in [0.5, 0.6) is 0 Å². The van der Waals surface area contributed by atoms with E-state index in [-0.39, 0.29) is 18.7 Å². The predicted molar refractivity (Wildman–Crippen MR) is 108 cm³/mol. The highest BCUT2D eigenvalue weighted by Gasteiger charge is 2.29. The number of fused-ring (bicyclic) bond motifs is 3. The van der Waals surface area contributed by atoms with E-state index in [1.807, 2.05) is 29.7 Å². The lowest BCUT2D eigenvalue weighted by Gasteiger charge is -2.33. The van der Waals surface area contributed by atoms with Crippen molar-refractivity contribution in [3.8, 4) is 0 Å². The van der Waals surface area contributed by atoms with Gasteiger partial charge in [-0.2, -0.15) is 4.98 Å². The molecule has 2 aromatic heterocycles. The number of benzene rings is 1. The largest absolute Gasteiger partial charge is 0.396 e. The van der Waals surface area contributed by atoms with Crippen LogP contribution in [0.25, 0.3) is 11.2 Å². The van der Waals surface area contributed by atoms with Gasteiger partial charge >= 0.3 is 5.69 Å². The first-order valence-corrected chi connectivity index (χ1v) is 9.57. The van der Waals surface area contributed by atoms with Gasteiger partial charge in [-0.15, -0.1) is 0 Å². The van der Waals surface area contributed by atoms with E-state index in [1.54, 1.807) is 7.05 Å². The molecule has 0 unspecified atom stereocenters. The third kappa shape index (κ3) is 2.84. The molecule has 0 saturated heterocycles. The van der Waals surface area contributed by atoms with Crippen LogP contribution in [-0.2, 0) is 20.1 Å². The van der Waals surface area contributed by atoms with E-state index in [1.165, 1.54) is 9.13 Å². The first kappa shape index (κ1) is 18.5. The lowest BCUT2D eigenvalue weighted by molar-refractivity contribution is 0.277. The van der Waals surface area contributed by atoms with Gasteiger partial charge in [0, 0.05) is 39.0 Å². The molecule has 148 valence electrons. The molecule has 8 heteroatoms. The number of hydrogen-bond donors (Lipinski definition) is 1. The zero-order valence-electron chi connectivity index (χ0n) is 16.4. The van der Waals surface area contributed by atoms with E-state index >= 15 is 0 Å². The van der Waals surface area contributed by atoms with Gasteiger partial charge in [-0.3, -0.25) is 13.9 Å². The molecule has 0 bridgehead atoms. The van der Waals surface area contributed by atoms with Crippen molar-refractivity contribution >= 4 is 22.8 Å². The van der Waals surface area contributed by atoms with Crippen LogP contribution in [0.3, 0.4) is 0 Å². The van der Waals surface area contributed by atoms with Crippen molar-refractivity contribution in [3.63, 3.8) is 0 Å². The van der Waals surface area contributed by atoms with Crippen molar-refractivity contribution in [1.82, 2.24) is 18.7 Å². The van der Waals surface area contributed by atoms with Crippen molar-refractivity contribution in [3.05, 3.63) is 50.7 Å². The van der Waals surface area contributed by atoms with Crippen LogP contribution in [0.1, 0.15) is 18.9 Å². The molecule has 0 spiro atoms. The molecule has 8 nitrogen and oxygen atoms in total. The van der Waals surface area contributed by atoms with Crippen LogP contribution in [0, 0.1) is 12.8 Å². The third-order valence-electron chi connectivity index (χ3n) is 5.30. The molecule has 1 N–H and O–H groups in total. The summed E-state index contributed by atoms with van der Waals surface area (Å²) >= 11 is 0. The fraction of sp³-hybridized carbons (Fsp3) is 0.450. The Bertz CT molecular complexity index is 1160. The van der Waals surface area contributed by atoms with E-state index in [2.05, 4.69) is 17.9 Å². The van der Waals surface area contributed by atoms with Crippen molar-refractivity contribution in [2.75, 3.05) is 18.1 Å². The summed E-state index contributed by atoms with van der Waals surface area (Å²) in [4.78, 5) is 32.6. The molecule has 1 aliphatic heterocycles. The number of imidazole rings is 1. The van der Waals surface area contributed by atoms with Gasteiger partial charge in [0.1, 0.15) is 0 Å². The lowest BCUT2D eigenvalue weighted by Crippen LogP contribution is -2.40. The highest BCUT2D eigenvalue weighted by atomic mass is 16.3. The zero-order valence-corrected chi connectivity index (χ0v) is 16.4. The molecule has 0 fully saturated rings. The Kier molecular flexibility index (Phi) is 4.58. The summed E-state index contributed by atoms with van der Waals surface area (Å²) in [5.74, 6) is 0.999. The van der Waals surface area contributed by atoms with E-state index in [4.69, 9.17) is 10.1 Å². The van der Waals surface area contributed by atoms with Gasteiger partial charge in [-0.05, 0) is 37.0 Å². The zero-order chi connectivity index (χ0) is 20.0. The first-order chi connectivity index (χ1) is 13.4. The molecule has 3 aromatic rings. The Morgan fingerprint density at radius 1 is 1.25 bits per heavy atom. The molecular weight excluding hydrogens is 358 g/mol. The highest BCUT2D eigenvalue weighted by Crippen LogP contribution is 2.33. The summed E-state index contributed by atoms with van der Waals surface area (Å²) < 4.78 is 4.56. The number of nitrogens with zero attached hydrogens (tertiary/aromatic N) is 5. The quantitative estimate of drug-likeness (QED) is 0.736. The molecule has 1 aromatic carbocycles. The standard InChI is InChI=1S/C20H25N5O3/c1-13-6-4-7-15(10-13)24-11-14(2)12-25-16-17(21-19(24)25)22(3)20(28)23(18(16)27)8-5-9-26/h4,6-7,10,14,26H,5,8-9,11-12H2,1-3H3/t14-/m0/s1. The van der Waals surface area contributed by atoms with Gasteiger partial charge in [0.2, 0.25) is 5.95 Å². The number of anilines is 2.